The minimum absolute atomic E-state index is 0.0509. The first-order valence-electron chi connectivity index (χ1n) is 7.71. The summed E-state index contributed by atoms with van der Waals surface area (Å²) in [5, 5.41) is 4.10. The summed E-state index contributed by atoms with van der Waals surface area (Å²) in [7, 11) is 0. The summed E-state index contributed by atoms with van der Waals surface area (Å²) in [6.07, 6.45) is 1.88. The molecule has 0 saturated heterocycles. The fraction of sp³-hybridized carbons (Fsp3) is 0.263. The van der Waals surface area contributed by atoms with Crippen molar-refractivity contribution in [2.24, 2.45) is 5.16 Å². The highest BCUT2D eigenvalue weighted by atomic mass is 16.6. The molecule has 5 nitrogen and oxygen atoms in total. The molecule has 0 atom stereocenters. The summed E-state index contributed by atoms with van der Waals surface area (Å²) >= 11 is 0. The van der Waals surface area contributed by atoms with Crippen molar-refractivity contribution in [2.75, 3.05) is 6.61 Å². The third-order valence-electron chi connectivity index (χ3n) is 3.28. The lowest BCUT2D eigenvalue weighted by atomic mass is 10.2. The van der Waals surface area contributed by atoms with Gasteiger partial charge in [-0.05, 0) is 56.7 Å². The molecule has 0 amide bonds. The van der Waals surface area contributed by atoms with Crippen molar-refractivity contribution < 1.29 is 9.63 Å². The summed E-state index contributed by atoms with van der Waals surface area (Å²) in [6, 6.07) is 11.1. The Kier molecular flexibility index (Phi) is 5.95. The average Bonchev–Trinajstić information content (AvgIpc) is 2.55. The van der Waals surface area contributed by atoms with E-state index >= 15 is 0 Å². The van der Waals surface area contributed by atoms with Crippen LogP contribution in [0, 0.1) is 6.92 Å². The second kappa shape index (κ2) is 8.15. The molecule has 2 rings (SSSR count). The quantitative estimate of drug-likeness (QED) is 0.460. The van der Waals surface area contributed by atoms with E-state index in [0.717, 1.165) is 28.4 Å². The minimum atomic E-state index is -0.0509. The van der Waals surface area contributed by atoms with E-state index in [-0.39, 0.29) is 5.78 Å². The van der Waals surface area contributed by atoms with Gasteiger partial charge in [-0.3, -0.25) is 9.78 Å². The topological polar surface area (TPSA) is 64.4 Å². The van der Waals surface area contributed by atoms with E-state index < -0.39 is 0 Å². The van der Waals surface area contributed by atoms with Crippen LogP contribution in [0.15, 0.2) is 47.1 Å². The van der Waals surface area contributed by atoms with Gasteiger partial charge in [0.2, 0.25) is 0 Å². The van der Waals surface area contributed by atoms with E-state index in [1.165, 1.54) is 6.92 Å². The van der Waals surface area contributed by atoms with Gasteiger partial charge in [0, 0.05) is 12.6 Å². The van der Waals surface area contributed by atoms with Gasteiger partial charge in [-0.25, -0.2) is 4.98 Å². The van der Waals surface area contributed by atoms with Crippen molar-refractivity contribution in [3.63, 3.8) is 0 Å². The molecule has 5 heteroatoms. The Balaban J connectivity index is 1.99. The zero-order valence-electron chi connectivity index (χ0n) is 14.4. The van der Waals surface area contributed by atoms with Crippen LogP contribution in [0.1, 0.15) is 48.3 Å². The van der Waals surface area contributed by atoms with Crippen LogP contribution < -0.4 is 0 Å². The van der Waals surface area contributed by atoms with Crippen LogP contribution in [0.25, 0.3) is 6.08 Å². The summed E-state index contributed by atoms with van der Waals surface area (Å²) in [5.74, 6) is -0.0509. The third-order valence-corrected chi connectivity index (χ3v) is 3.28. The molecule has 0 aliphatic rings. The number of aromatic nitrogens is 2. The van der Waals surface area contributed by atoms with Crippen LogP contribution in [0.3, 0.4) is 0 Å². The smallest absolute Gasteiger partial charge is 0.178 e. The molecule has 0 unspecified atom stereocenters. The Morgan fingerprint density at radius 2 is 1.79 bits per heavy atom. The summed E-state index contributed by atoms with van der Waals surface area (Å²) in [4.78, 5) is 25.4. The molecule has 124 valence electrons. The Labute approximate surface area is 142 Å². The van der Waals surface area contributed by atoms with Crippen LogP contribution >= 0.6 is 0 Å². The monoisotopic (exact) mass is 323 g/mol. The van der Waals surface area contributed by atoms with Gasteiger partial charge in [0.25, 0.3) is 0 Å². The molecule has 2 aromatic heterocycles. The maximum absolute atomic E-state index is 11.4. The van der Waals surface area contributed by atoms with Crippen molar-refractivity contribution in [2.45, 2.75) is 27.7 Å². The number of ketones is 1. The molecule has 0 aliphatic carbocycles. The van der Waals surface area contributed by atoms with E-state index in [9.17, 15) is 4.79 Å². The number of Topliss-reactive ketones (excluding diaryl/α,β-unsaturated/α-hetero) is 1. The maximum atomic E-state index is 11.4. The molecule has 0 aliphatic heterocycles. The van der Waals surface area contributed by atoms with Crippen molar-refractivity contribution in [3.05, 3.63) is 64.7 Å². The fourth-order valence-corrected chi connectivity index (χ4v) is 2.04. The number of aryl methyl sites for hydroxylation is 1. The van der Waals surface area contributed by atoms with Crippen molar-refractivity contribution in [1.29, 1.82) is 0 Å². The first-order valence-corrected chi connectivity index (χ1v) is 7.71. The molecule has 0 saturated carbocycles. The second-order valence-electron chi connectivity index (χ2n) is 5.61. The Morgan fingerprint density at radius 3 is 2.50 bits per heavy atom. The highest BCUT2D eigenvalue weighted by molar-refractivity contribution is 5.96. The molecule has 2 heterocycles. The van der Waals surface area contributed by atoms with Gasteiger partial charge in [0.05, 0.1) is 11.4 Å². The van der Waals surface area contributed by atoms with Crippen molar-refractivity contribution in [1.82, 2.24) is 9.97 Å². The highest BCUT2D eigenvalue weighted by Gasteiger charge is 2.02. The number of oxime groups is 1. The van der Waals surface area contributed by atoms with Gasteiger partial charge < -0.3 is 4.84 Å². The van der Waals surface area contributed by atoms with Gasteiger partial charge in [0.1, 0.15) is 18.0 Å². The molecule has 0 spiro atoms. The van der Waals surface area contributed by atoms with Crippen LogP contribution in [0.5, 0.6) is 0 Å². The lowest BCUT2D eigenvalue weighted by Gasteiger charge is -2.04. The zero-order chi connectivity index (χ0) is 17.5. The molecule has 0 bridgehead atoms. The van der Waals surface area contributed by atoms with E-state index in [1.807, 2.05) is 57.2 Å². The Bertz CT molecular complexity index is 795. The van der Waals surface area contributed by atoms with Gasteiger partial charge in [-0.2, -0.15) is 0 Å². The van der Waals surface area contributed by atoms with Crippen molar-refractivity contribution in [3.8, 4) is 0 Å². The van der Waals surface area contributed by atoms with Crippen LogP contribution in [0.4, 0.5) is 0 Å². The van der Waals surface area contributed by atoms with Gasteiger partial charge >= 0.3 is 0 Å². The van der Waals surface area contributed by atoms with Crippen LogP contribution in [-0.4, -0.2) is 28.1 Å². The molecule has 0 N–H and O–H groups in total. The van der Waals surface area contributed by atoms with E-state index in [1.54, 1.807) is 6.07 Å². The summed E-state index contributed by atoms with van der Waals surface area (Å²) in [5.41, 5.74) is 4.60. The minimum Gasteiger partial charge on any atom is -0.391 e. The van der Waals surface area contributed by atoms with Gasteiger partial charge in [0.15, 0.2) is 5.78 Å². The largest absolute Gasteiger partial charge is 0.391 e. The average molecular weight is 323 g/mol. The van der Waals surface area contributed by atoms with E-state index in [2.05, 4.69) is 15.1 Å². The normalized spacial score (nSPS) is 12.2. The summed E-state index contributed by atoms with van der Waals surface area (Å²) in [6.45, 7) is 7.57. The first-order chi connectivity index (χ1) is 11.5. The molecule has 2 aromatic rings. The van der Waals surface area contributed by atoms with Crippen molar-refractivity contribution >= 4 is 17.6 Å². The fourth-order valence-electron chi connectivity index (χ4n) is 2.04. The van der Waals surface area contributed by atoms with E-state index in [4.69, 9.17) is 4.84 Å². The molecular weight excluding hydrogens is 302 g/mol. The van der Waals surface area contributed by atoms with Gasteiger partial charge in [-0.15, -0.1) is 0 Å². The third kappa shape index (κ3) is 5.12. The molecule has 0 aromatic carbocycles. The second-order valence-corrected chi connectivity index (χ2v) is 5.61. The van der Waals surface area contributed by atoms with Crippen LogP contribution in [-0.2, 0) is 4.84 Å². The first kappa shape index (κ1) is 17.5. The highest BCUT2D eigenvalue weighted by Crippen LogP contribution is 2.07. The lowest BCUT2D eigenvalue weighted by molar-refractivity contribution is 0.101. The zero-order valence-corrected chi connectivity index (χ0v) is 14.4. The number of carbonyl (C=O) groups is 1. The summed E-state index contributed by atoms with van der Waals surface area (Å²) < 4.78 is 0. The number of carbonyl (C=O) groups excluding carboxylic acids is 1. The SMILES string of the molecule is CC(=O)c1cccc(/C=C(\C)CON=C(C)c2cccc(C)n2)n1. The standard InChI is InChI=1S/C19H21N3O2/c1-13(11-17-8-6-10-19(21-17)16(4)23)12-24-22-15(3)18-9-5-7-14(2)20-18/h5-11H,12H2,1-4H3/b13-11+,22-15?. The van der Waals surface area contributed by atoms with Crippen LogP contribution in [0.2, 0.25) is 0 Å². The Hall–Kier alpha value is -2.82. The molecular formula is C19H21N3O2. The van der Waals surface area contributed by atoms with Gasteiger partial charge in [-0.1, -0.05) is 17.3 Å². The molecule has 0 fully saturated rings. The molecule has 24 heavy (non-hydrogen) atoms. The number of hydrogen-bond acceptors (Lipinski definition) is 5. The number of pyridine rings is 2. The van der Waals surface area contributed by atoms with E-state index in [0.29, 0.717) is 12.3 Å². The maximum Gasteiger partial charge on any atom is 0.178 e. The Morgan fingerprint density at radius 1 is 1.08 bits per heavy atom. The molecule has 0 radical (unpaired) electrons. The predicted octanol–water partition coefficient (Wildman–Crippen LogP) is 3.83. The number of hydrogen-bond donors (Lipinski definition) is 0. The lowest BCUT2D eigenvalue weighted by Crippen LogP contribution is -2.02. The number of nitrogens with zero attached hydrogens (tertiary/aromatic N) is 3. The number of rotatable bonds is 6. The predicted molar refractivity (Wildman–Crippen MR) is 95.0 cm³/mol.